The van der Waals surface area contributed by atoms with E-state index in [4.69, 9.17) is 5.73 Å². The molecule has 124 valence electrons. The maximum Gasteiger partial charge on any atom is 0.264 e. The quantitative estimate of drug-likeness (QED) is 0.745. The number of hydrogen-bond donors (Lipinski definition) is 1. The SMILES string of the molecule is Cn1ncc2c(N)nc(N3CCN(C(=O)c4cccs4)CC3)nc21. The molecule has 3 aromatic heterocycles. The second-order valence-electron chi connectivity index (χ2n) is 5.67. The molecule has 1 saturated heterocycles. The van der Waals surface area contributed by atoms with E-state index in [1.807, 2.05) is 29.5 Å². The lowest BCUT2D eigenvalue weighted by Gasteiger charge is -2.34. The zero-order chi connectivity index (χ0) is 16.7. The molecule has 0 bridgehead atoms. The molecule has 0 radical (unpaired) electrons. The highest BCUT2D eigenvalue weighted by Gasteiger charge is 2.24. The van der Waals surface area contributed by atoms with Crippen molar-refractivity contribution in [2.45, 2.75) is 0 Å². The summed E-state index contributed by atoms with van der Waals surface area (Å²) in [6.45, 7) is 2.65. The highest BCUT2D eigenvalue weighted by atomic mass is 32.1. The first-order valence-corrected chi connectivity index (χ1v) is 8.54. The molecule has 24 heavy (non-hydrogen) atoms. The number of anilines is 2. The average Bonchev–Trinajstić information content (AvgIpc) is 3.25. The Morgan fingerprint density at radius 2 is 2.04 bits per heavy atom. The predicted molar refractivity (Wildman–Crippen MR) is 93.2 cm³/mol. The maximum absolute atomic E-state index is 12.4. The Morgan fingerprint density at radius 3 is 2.75 bits per heavy atom. The van der Waals surface area contributed by atoms with E-state index in [1.165, 1.54) is 11.3 Å². The minimum absolute atomic E-state index is 0.0900. The number of nitrogens with two attached hydrogens (primary N) is 1. The molecule has 1 fully saturated rings. The third-order valence-electron chi connectivity index (χ3n) is 4.19. The fourth-order valence-corrected chi connectivity index (χ4v) is 3.53. The van der Waals surface area contributed by atoms with Crippen LogP contribution < -0.4 is 10.6 Å². The molecular formula is C15H17N7OS. The molecule has 4 rings (SSSR count). The molecule has 0 aromatic carbocycles. The van der Waals surface area contributed by atoms with Gasteiger partial charge in [-0.1, -0.05) is 6.07 Å². The lowest BCUT2D eigenvalue weighted by Crippen LogP contribution is -2.49. The van der Waals surface area contributed by atoms with Crippen molar-refractivity contribution >= 4 is 40.0 Å². The Labute approximate surface area is 142 Å². The van der Waals surface area contributed by atoms with Crippen molar-refractivity contribution in [1.29, 1.82) is 0 Å². The molecule has 1 aliphatic heterocycles. The summed E-state index contributed by atoms with van der Waals surface area (Å²) in [5.74, 6) is 1.11. The smallest absolute Gasteiger partial charge is 0.264 e. The predicted octanol–water partition coefficient (Wildman–Crippen LogP) is 0.969. The number of nitrogen functional groups attached to an aromatic ring is 1. The van der Waals surface area contributed by atoms with Crippen LogP contribution in [0.4, 0.5) is 11.8 Å². The van der Waals surface area contributed by atoms with E-state index in [2.05, 4.69) is 20.0 Å². The van der Waals surface area contributed by atoms with Gasteiger partial charge >= 0.3 is 0 Å². The number of carbonyl (C=O) groups is 1. The average molecular weight is 343 g/mol. The number of carbonyl (C=O) groups excluding carboxylic acids is 1. The van der Waals surface area contributed by atoms with E-state index in [0.29, 0.717) is 37.9 Å². The van der Waals surface area contributed by atoms with Crippen molar-refractivity contribution < 1.29 is 4.79 Å². The van der Waals surface area contributed by atoms with Crippen molar-refractivity contribution in [3.8, 4) is 0 Å². The first kappa shape index (κ1) is 14.9. The van der Waals surface area contributed by atoms with E-state index >= 15 is 0 Å². The lowest BCUT2D eigenvalue weighted by atomic mass is 10.3. The summed E-state index contributed by atoms with van der Waals surface area (Å²) in [5, 5.41) is 6.85. The molecule has 4 heterocycles. The zero-order valence-electron chi connectivity index (χ0n) is 13.2. The summed E-state index contributed by atoms with van der Waals surface area (Å²) < 4.78 is 1.69. The normalized spacial score (nSPS) is 15.2. The van der Waals surface area contributed by atoms with E-state index < -0.39 is 0 Å². The van der Waals surface area contributed by atoms with Gasteiger partial charge in [0, 0.05) is 33.2 Å². The summed E-state index contributed by atoms with van der Waals surface area (Å²) in [5.41, 5.74) is 6.74. The number of hydrogen-bond acceptors (Lipinski definition) is 7. The first-order chi connectivity index (χ1) is 11.6. The number of piperazine rings is 1. The van der Waals surface area contributed by atoms with Gasteiger partial charge in [-0.3, -0.25) is 9.48 Å². The Hall–Kier alpha value is -2.68. The Morgan fingerprint density at radius 1 is 1.25 bits per heavy atom. The van der Waals surface area contributed by atoms with Gasteiger partial charge in [0.05, 0.1) is 16.5 Å². The minimum atomic E-state index is 0.0900. The summed E-state index contributed by atoms with van der Waals surface area (Å²) >= 11 is 1.47. The fourth-order valence-electron chi connectivity index (χ4n) is 2.84. The van der Waals surface area contributed by atoms with Crippen molar-refractivity contribution in [2.75, 3.05) is 36.8 Å². The topological polar surface area (TPSA) is 93.2 Å². The molecule has 0 atom stereocenters. The van der Waals surface area contributed by atoms with Crippen LogP contribution in [0.3, 0.4) is 0 Å². The van der Waals surface area contributed by atoms with Crippen LogP contribution in [0, 0.1) is 0 Å². The number of aryl methyl sites for hydroxylation is 1. The van der Waals surface area contributed by atoms with Gasteiger partial charge in [-0.05, 0) is 11.4 Å². The molecule has 0 aliphatic carbocycles. The largest absolute Gasteiger partial charge is 0.383 e. The second-order valence-corrected chi connectivity index (χ2v) is 6.62. The molecule has 8 nitrogen and oxygen atoms in total. The molecule has 0 saturated carbocycles. The Balaban J connectivity index is 1.52. The summed E-state index contributed by atoms with van der Waals surface area (Å²) in [4.78, 5) is 26.1. The number of fused-ring (bicyclic) bond motifs is 1. The molecule has 1 aliphatic rings. The van der Waals surface area contributed by atoms with Crippen molar-refractivity contribution in [1.82, 2.24) is 24.6 Å². The van der Waals surface area contributed by atoms with Gasteiger partial charge < -0.3 is 15.5 Å². The third-order valence-corrected chi connectivity index (χ3v) is 5.05. The highest BCUT2D eigenvalue weighted by molar-refractivity contribution is 7.12. The number of rotatable bonds is 2. The molecule has 0 spiro atoms. The van der Waals surface area contributed by atoms with E-state index in [9.17, 15) is 4.79 Å². The standard InChI is InChI=1S/C15H17N7OS/c1-20-13-10(9-17-20)12(16)18-15(19-13)22-6-4-21(5-7-22)14(23)11-3-2-8-24-11/h2-3,8-9H,4-7H2,1H3,(H2,16,18,19). The van der Waals surface area contributed by atoms with Crippen LogP contribution in [0.2, 0.25) is 0 Å². The van der Waals surface area contributed by atoms with Crippen molar-refractivity contribution in [2.24, 2.45) is 7.05 Å². The second kappa shape index (κ2) is 5.75. The van der Waals surface area contributed by atoms with Crippen molar-refractivity contribution in [3.63, 3.8) is 0 Å². The molecule has 0 unspecified atom stereocenters. The van der Waals surface area contributed by atoms with Gasteiger partial charge in [0.2, 0.25) is 5.95 Å². The summed E-state index contributed by atoms with van der Waals surface area (Å²) in [6.07, 6.45) is 1.67. The number of thiophene rings is 1. The van der Waals surface area contributed by atoms with Crippen molar-refractivity contribution in [3.05, 3.63) is 28.6 Å². The number of aromatic nitrogens is 4. The minimum Gasteiger partial charge on any atom is -0.383 e. The van der Waals surface area contributed by atoms with Crippen LogP contribution >= 0.6 is 11.3 Å². The molecule has 9 heteroatoms. The van der Waals surface area contributed by atoms with Crippen LogP contribution in [0.15, 0.2) is 23.7 Å². The van der Waals surface area contributed by atoms with Gasteiger partial charge in [0.1, 0.15) is 5.82 Å². The monoisotopic (exact) mass is 343 g/mol. The fraction of sp³-hybridized carbons (Fsp3) is 0.333. The van der Waals surface area contributed by atoms with Crippen LogP contribution in [-0.4, -0.2) is 56.7 Å². The van der Waals surface area contributed by atoms with E-state index in [1.54, 1.807) is 10.9 Å². The van der Waals surface area contributed by atoms with Gasteiger partial charge in [-0.15, -0.1) is 11.3 Å². The Kier molecular flexibility index (Phi) is 3.57. The molecule has 3 aromatic rings. The van der Waals surface area contributed by atoms with Crippen LogP contribution in [0.25, 0.3) is 11.0 Å². The lowest BCUT2D eigenvalue weighted by molar-refractivity contribution is 0.0751. The van der Waals surface area contributed by atoms with Crippen LogP contribution in [-0.2, 0) is 7.05 Å². The molecule has 1 amide bonds. The van der Waals surface area contributed by atoms with E-state index in [-0.39, 0.29) is 5.91 Å². The van der Waals surface area contributed by atoms with Crippen LogP contribution in [0.1, 0.15) is 9.67 Å². The zero-order valence-corrected chi connectivity index (χ0v) is 14.0. The highest BCUT2D eigenvalue weighted by Crippen LogP contribution is 2.22. The first-order valence-electron chi connectivity index (χ1n) is 7.66. The van der Waals surface area contributed by atoms with Gasteiger partial charge in [-0.25, -0.2) is 0 Å². The maximum atomic E-state index is 12.4. The van der Waals surface area contributed by atoms with Gasteiger partial charge in [-0.2, -0.15) is 15.1 Å². The third kappa shape index (κ3) is 2.46. The number of amides is 1. The summed E-state index contributed by atoms with van der Waals surface area (Å²) in [7, 11) is 1.83. The van der Waals surface area contributed by atoms with Crippen LogP contribution in [0.5, 0.6) is 0 Å². The van der Waals surface area contributed by atoms with E-state index in [0.717, 1.165) is 15.9 Å². The van der Waals surface area contributed by atoms with Gasteiger partial charge in [0.15, 0.2) is 5.65 Å². The Bertz CT molecular complexity index is 881. The molecule has 2 N–H and O–H groups in total. The molecular weight excluding hydrogens is 326 g/mol. The number of nitrogens with zero attached hydrogens (tertiary/aromatic N) is 6. The van der Waals surface area contributed by atoms with Gasteiger partial charge in [0.25, 0.3) is 5.91 Å². The summed E-state index contributed by atoms with van der Waals surface area (Å²) in [6, 6.07) is 3.76.